The molecule has 0 spiro atoms. The molecule has 0 saturated heterocycles. The normalized spacial score (nSPS) is 11.1. The maximum atomic E-state index is 6.13. The lowest BCUT2D eigenvalue weighted by Crippen LogP contribution is -2.10. The van der Waals surface area contributed by atoms with Crippen LogP contribution in [0.15, 0.2) is 18.2 Å². The molecule has 0 bridgehead atoms. The number of fused-ring (bicyclic) bond motifs is 1. The molecule has 4 heteroatoms. The fourth-order valence-corrected chi connectivity index (χ4v) is 1.83. The van der Waals surface area contributed by atoms with Crippen molar-refractivity contribution in [3.05, 3.63) is 28.9 Å². The van der Waals surface area contributed by atoms with E-state index in [9.17, 15) is 0 Å². The average Bonchev–Trinajstić information content (AvgIpc) is 2.52. The van der Waals surface area contributed by atoms with Crippen molar-refractivity contribution in [2.75, 3.05) is 13.6 Å². The van der Waals surface area contributed by atoms with Crippen LogP contribution in [0.2, 0.25) is 5.15 Å². The Morgan fingerprint density at radius 3 is 3.00 bits per heavy atom. The van der Waals surface area contributed by atoms with E-state index in [1.54, 1.807) is 4.68 Å². The first-order chi connectivity index (χ1) is 7.22. The van der Waals surface area contributed by atoms with E-state index >= 15 is 0 Å². The number of rotatable bonds is 3. The van der Waals surface area contributed by atoms with Gasteiger partial charge in [0.15, 0.2) is 0 Å². The first-order valence-corrected chi connectivity index (χ1v) is 5.36. The summed E-state index contributed by atoms with van der Waals surface area (Å²) in [7, 11) is 3.81. The third-order valence-electron chi connectivity index (χ3n) is 2.49. The van der Waals surface area contributed by atoms with Crippen LogP contribution in [0.4, 0.5) is 0 Å². The number of benzene rings is 1. The van der Waals surface area contributed by atoms with Crippen LogP contribution in [0.3, 0.4) is 0 Å². The van der Waals surface area contributed by atoms with Gasteiger partial charge in [0.25, 0.3) is 0 Å². The molecule has 0 saturated carbocycles. The van der Waals surface area contributed by atoms with Crippen LogP contribution in [0.5, 0.6) is 0 Å². The van der Waals surface area contributed by atoms with Gasteiger partial charge in [0, 0.05) is 12.4 Å². The summed E-state index contributed by atoms with van der Waals surface area (Å²) in [6, 6.07) is 6.23. The van der Waals surface area contributed by atoms with Gasteiger partial charge in [-0.1, -0.05) is 17.7 Å². The maximum absolute atomic E-state index is 6.13. The molecule has 0 fully saturated rings. The van der Waals surface area contributed by atoms with Gasteiger partial charge in [0.05, 0.1) is 5.52 Å². The lowest BCUT2D eigenvalue weighted by molar-refractivity contribution is 0.780. The fourth-order valence-electron chi connectivity index (χ4n) is 1.64. The number of halogens is 1. The number of nitrogens with zero attached hydrogens (tertiary/aromatic N) is 2. The van der Waals surface area contributed by atoms with E-state index in [-0.39, 0.29) is 0 Å². The Morgan fingerprint density at radius 2 is 2.27 bits per heavy atom. The van der Waals surface area contributed by atoms with E-state index < -0.39 is 0 Å². The Kier molecular flexibility index (Phi) is 2.93. The molecule has 15 heavy (non-hydrogen) atoms. The van der Waals surface area contributed by atoms with Crippen LogP contribution >= 0.6 is 11.6 Å². The molecule has 0 aliphatic heterocycles. The predicted octanol–water partition coefficient (Wildman–Crippen LogP) is 1.99. The summed E-state index contributed by atoms with van der Waals surface area (Å²) in [5.41, 5.74) is 2.24. The molecule has 3 nitrogen and oxygen atoms in total. The SMILES string of the molecule is CNCCc1ccc2nn(C)c(Cl)c2c1. The lowest BCUT2D eigenvalue weighted by Gasteiger charge is -2.00. The molecule has 80 valence electrons. The number of likely N-dealkylation sites (N-methyl/N-ethyl adjacent to an activating group) is 1. The van der Waals surface area contributed by atoms with Gasteiger partial charge in [-0.2, -0.15) is 5.10 Å². The van der Waals surface area contributed by atoms with Gasteiger partial charge in [0.2, 0.25) is 0 Å². The van der Waals surface area contributed by atoms with E-state index in [1.165, 1.54) is 5.56 Å². The second-order valence-electron chi connectivity index (χ2n) is 3.62. The zero-order valence-corrected chi connectivity index (χ0v) is 9.67. The molecule has 1 heterocycles. The van der Waals surface area contributed by atoms with Gasteiger partial charge in [-0.25, -0.2) is 0 Å². The maximum Gasteiger partial charge on any atom is 0.134 e. The largest absolute Gasteiger partial charge is 0.319 e. The highest BCUT2D eigenvalue weighted by atomic mass is 35.5. The molecule has 0 atom stereocenters. The van der Waals surface area contributed by atoms with Crippen molar-refractivity contribution in [1.29, 1.82) is 0 Å². The molecule has 0 unspecified atom stereocenters. The van der Waals surface area contributed by atoms with Gasteiger partial charge in [-0.05, 0) is 37.7 Å². The highest BCUT2D eigenvalue weighted by Crippen LogP contribution is 2.23. The predicted molar refractivity (Wildman–Crippen MR) is 63.4 cm³/mol. The van der Waals surface area contributed by atoms with E-state index in [2.05, 4.69) is 22.5 Å². The molecule has 2 rings (SSSR count). The summed E-state index contributed by atoms with van der Waals surface area (Å²) in [4.78, 5) is 0. The van der Waals surface area contributed by atoms with Gasteiger partial charge in [0.1, 0.15) is 5.15 Å². The molecule has 1 aromatic carbocycles. The topological polar surface area (TPSA) is 29.9 Å². The second kappa shape index (κ2) is 4.21. The summed E-state index contributed by atoms with van der Waals surface area (Å²) in [5.74, 6) is 0. The van der Waals surface area contributed by atoms with Crippen LogP contribution in [-0.4, -0.2) is 23.4 Å². The first-order valence-electron chi connectivity index (χ1n) is 4.98. The highest BCUT2D eigenvalue weighted by molar-refractivity contribution is 6.34. The van der Waals surface area contributed by atoms with Crippen molar-refractivity contribution in [2.45, 2.75) is 6.42 Å². The van der Waals surface area contributed by atoms with Gasteiger partial charge >= 0.3 is 0 Å². The van der Waals surface area contributed by atoms with Crippen molar-refractivity contribution in [3.63, 3.8) is 0 Å². The van der Waals surface area contributed by atoms with Crippen molar-refractivity contribution >= 4 is 22.5 Å². The van der Waals surface area contributed by atoms with Crippen LogP contribution < -0.4 is 5.32 Å². The molecule has 1 N–H and O–H groups in total. The second-order valence-corrected chi connectivity index (χ2v) is 3.98. The zero-order valence-electron chi connectivity index (χ0n) is 8.92. The Labute approximate surface area is 94.0 Å². The average molecular weight is 224 g/mol. The van der Waals surface area contributed by atoms with E-state index in [0.717, 1.165) is 23.9 Å². The van der Waals surface area contributed by atoms with Gasteiger partial charge < -0.3 is 5.32 Å². The van der Waals surface area contributed by atoms with Crippen molar-refractivity contribution in [1.82, 2.24) is 15.1 Å². The van der Waals surface area contributed by atoms with E-state index in [1.807, 2.05) is 20.2 Å². The third kappa shape index (κ3) is 1.98. The lowest BCUT2D eigenvalue weighted by atomic mass is 10.1. The monoisotopic (exact) mass is 223 g/mol. The first kappa shape index (κ1) is 10.5. The van der Waals surface area contributed by atoms with Crippen molar-refractivity contribution < 1.29 is 0 Å². The Hall–Kier alpha value is -1.06. The highest BCUT2D eigenvalue weighted by Gasteiger charge is 2.06. The quantitative estimate of drug-likeness (QED) is 0.863. The summed E-state index contributed by atoms with van der Waals surface area (Å²) in [5, 5.41) is 9.17. The molecule has 0 aliphatic rings. The zero-order chi connectivity index (χ0) is 10.8. The number of aryl methyl sites for hydroxylation is 1. The number of hydrogen-bond acceptors (Lipinski definition) is 2. The molecule has 0 radical (unpaired) electrons. The van der Waals surface area contributed by atoms with Crippen LogP contribution in [0, 0.1) is 0 Å². The van der Waals surface area contributed by atoms with E-state index in [4.69, 9.17) is 11.6 Å². The minimum absolute atomic E-state index is 0.705. The molecule has 2 aromatic rings. The van der Waals surface area contributed by atoms with Crippen LogP contribution in [-0.2, 0) is 13.5 Å². The standard InChI is InChI=1S/C11H14ClN3/c1-13-6-5-8-3-4-10-9(7-8)11(12)15(2)14-10/h3-4,7,13H,5-6H2,1-2H3. The number of hydrogen-bond donors (Lipinski definition) is 1. The van der Waals surface area contributed by atoms with Gasteiger partial charge in [-0.3, -0.25) is 4.68 Å². The fraction of sp³-hybridized carbons (Fsp3) is 0.364. The molecule has 0 aliphatic carbocycles. The van der Waals surface area contributed by atoms with Crippen LogP contribution in [0.25, 0.3) is 10.9 Å². The number of aromatic nitrogens is 2. The third-order valence-corrected chi connectivity index (χ3v) is 2.94. The Morgan fingerprint density at radius 1 is 1.47 bits per heavy atom. The van der Waals surface area contributed by atoms with E-state index in [0.29, 0.717) is 5.15 Å². The summed E-state index contributed by atoms with van der Waals surface area (Å²) < 4.78 is 1.70. The Balaban J connectivity index is 2.41. The molecular weight excluding hydrogens is 210 g/mol. The number of nitrogens with one attached hydrogen (secondary N) is 1. The summed E-state index contributed by atoms with van der Waals surface area (Å²) >= 11 is 6.13. The van der Waals surface area contributed by atoms with Crippen molar-refractivity contribution in [2.24, 2.45) is 7.05 Å². The molecule has 0 amide bonds. The Bertz CT molecular complexity index is 476. The summed E-state index contributed by atoms with van der Waals surface area (Å²) in [6.07, 6.45) is 1.01. The van der Waals surface area contributed by atoms with Crippen molar-refractivity contribution in [3.8, 4) is 0 Å². The van der Waals surface area contributed by atoms with Crippen LogP contribution in [0.1, 0.15) is 5.56 Å². The summed E-state index contributed by atoms with van der Waals surface area (Å²) in [6.45, 7) is 0.976. The smallest absolute Gasteiger partial charge is 0.134 e. The van der Waals surface area contributed by atoms with Gasteiger partial charge in [-0.15, -0.1) is 0 Å². The minimum atomic E-state index is 0.705. The molecule has 1 aromatic heterocycles. The minimum Gasteiger partial charge on any atom is -0.319 e. The molecular formula is C11H14ClN3.